The van der Waals surface area contributed by atoms with Gasteiger partial charge in [0.05, 0.1) is 34.6 Å². The first-order valence-electron chi connectivity index (χ1n) is 13.2. The summed E-state index contributed by atoms with van der Waals surface area (Å²) in [7, 11) is 0. The third kappa shape index (κ3) is 6.49. The van der Waals surface area contributed by atoms with Crippen LogP contribution in [-0.2, 0) is 19.2 Å². The molecule has 1 saturated carbocycles. The number of carbonyl (C=O) groups excluding carboxylic acids is 3. The summed E-state index contributed by atoms with van der Waals surface area (Å²) in [5.41, 5.74) is 1.31. The lowest BCUT2D eigenvalue weighted by atomic mass is 9.85. The number of aliphatic hydroxyl groups excluding tert-OH is 1. The van der Waals surface area contributed by atoms with Crippen LogP contribution in [0.4, 0.5) is 4.39 Å². The first-order chi connectivity index (χ1) is 18.7. The number of β-amino-alcohol motifs (C(OH)–C–C–N with tert-alkyl or cyclic N) is 1. The largest absolute Gasteiger partial charge is 0.481 e. The SMILES string of the molecule is Cc1ncsc1-c1ccc(C(CC(=O)O)NC(=O)[C@@H]2C[C@@H](O)CN2C(=O)C(NC(=O)C2(F)CC2)C(C)(C)C)cc1. The van der Waals surface area contributed by atoms with Crippen molar-refractivity contribution >= 4 is 35.0 Å². The van der Waals surface area contributed by atoms with Crippen LogP contribution < -0.4 is 10.6 Å². The summed E-state index contributed by atoms with van der Waals surface area (Å²) in [6, 6.07) is 4.03. The zero-order valence-corrected chi connectivity index (χ0v) is 23.8. The second-order valence-electron chi connectivity index (χ2n) is 11.7. The lowest BCUT2D eigenvalue weighted by Gasteiger charge is -2.36. The fourth-order valence-electron chi connectivity index (χ4n) is 4.86. The van der Waals surface area contributed by atoms with E-state index in [-0.39, 0.29) is 25.8 Å². The predicted octanol–water partition coefficient (Wildman–Crippen LogP) is 2.75. The van der Waals surface area contributed by atoms with Gasteiger partial charge in [0.2, 0.25) is 11.8 Å². The van der Waals surface area contributed by atoms with E-state index >= 15 is 0 Å². The van der Waals surface area contributed by atoms with E-state index in [0.717, 1.165) is 16.1 Å². The van der Waals surface area contributed by atoms with Crippen LogP contribution in [0.1, 0.15) is 63.8 Å². The zero-order chi connectivity index (χ0) is 29.4. The van der Waals surface area contributed by atoms with Crippen LogP contribution in [0.25, 0.3) is 10.4 Å². The zero-order valence-electron chi connectivity index (χ0n) is 22.9. The highest BCUT2D eigenvalue weighted by Crippen LogP contribution is 2.40. The summed E-state index contributed by atoms with van der Waals surface area (Å²) in [6.45, 7) is 6.90. The van der Waals surface area contributed by atoms with Crippen LogP contribution in [0.15, 0.2) is 29.8 Å². The number of alkyl halides is 1. The molecule has 1 aromatic carbocycles. The van der Waals surface area contributed by atoms with Crippen LogP contribution in [0.5, 0.6) is 0 Å². The molecule has 1 saturated heterocycles. The minimum atomic E-state index is -1.98. The van der Waals surface area contributed by atoms with Gasteiger partial charge < -0.3 is 25.7 Å². The van der Waals surface area contributed by atoms with Crippen molar-refractivity contribution in [2.45, 2.75) is 83.3 Å². The Morgan fingerprint density at radius 2 is 1.82 bits per heavy atom. The molecule has 2 fully saturated rings. The number of carbonyl (C=O) groups is 4. The maximum absolute atomic E-state index is 14.4. The van der Waals surface area contributed by atoms with Crippen LogP contribution in [0, 0.1) is 12.3 Å². The Bertz CT molecular complexity index is 1290. The molecule has 2 heterocycles. The van der Waals surface area contributed by atoms with Crippen molar-refractivity contribution in [2.75, 3.05) is 6.54 Å². The number of aromatic nitrogens is 1. The second-order valence-corrected chi connectivity index (χ2v) is 12.5. The average Bonchev–Trinajstić information content (AvgIpc) is 3.28. The van der Waals surface area contributed by atoms with E-state index in [0.29, 0.717) is 5.56 Å². The number of halogens is 1. The molecule has 4 atom stereocenters. The molecule has 0 spiro atoms. The van der Waals surface area contributed by atoms with Gasteiger partial charge in [0.15, 0.2) is 5.67 Å². The fourth-order valence-corrected chi connectivity index (χ4v) is 5.67. The van der Waals surface area contributed by atoms with Crippen LogP contribution >= 0.6 is 11.3 Å². The summed E-state index contributed by atoms with van der Waals surface area (Å²) >= 11 is 1.49. The number of aliphatic hydroxyl groups is 1. The smallest absolute Gasteiger partial charge is 0.305 e. The van der Waals surface area contributed by atoms with Crippen LogP contribution in [0.3, 0.4) is 0 Å². The van der Waals surface area contributed by atoms with Gasteiger partial charge >= 0.3 is 5.97 Å². The maximum atomic E-state index is 14.4. The highest BCUT2D eigenvalue weighted by atomic mass is 32.1. The number of thiazole rings is 1. The van der Waals surface area contributed by atoms with Gasteiger partial charge in [0.1, 0.15) is 12.1 Å². The molecule has 216 valence electrons. The van der Waals surface area contributed by atoms with E-state index in [1.54, 1.807) is 38.4 Å². The summed E-state index contributed by atoms with van der Waals surface area (Å²) in [5.74, 6) is -3.22. The van der Waals surface area contributed by atoms with E-state index < -0.39 is 65.4 Å². The van der Waals surface area contributed by atoms with Gasteiger partial charge in [0.25, 0.3) is 5.91 Å². The third-order valence-electron chi connectivity index (χ3n) is 7.37. The Hall–Kier alpha value is -3.38. The normalized spacial score (nSPS) is 21.4. The summed E-state index contributed by atoms with van der Waals surface area (Å²) in [4.78, 5) is 57.7. The van der Waals surface area contributed by atoms with Crippen molar-refractivity contribution in [1.82, 2.24) is 20.5 Å². The second kappa shape index (κ2) is 11.2. The number of benzene rings is 1. The number of rotatable bonds is 9. The average molecular weight is 575 g/mol. The molecular formula is C28H35FN4O6S. The van der Waals surface area contributed by atoms with Crippen LogP contribution in [0.2, 0.25) is 0 Å². The number of aliphatic carboxylic acids is 1. The van der Waals surface area contributed by atoms with Crippen molar-refractivity contribution in [3.8, 4) is 10.4 Å². The molecule has 0 bridgehead atoms. The molecular weight excluding hydrogens is 539 g/mol. The summed E-state index contributed by atoms with van der Waals surface area (Å²) < 4.78 is 14.4. The highest BCUT2D eigenvalue weighted by molar-refractivity contribution is 7.13. The molecule has 12 heteroatoms. The predicted molar refractivity (Wildman–Crippen MR) is 146 cm³/mol. The monoisotopic (exact) mass is 574 g/mol. The number of amides is 3. The van der Waals surface area contributed by atoms with E-state index in [2.05, 4.69) is 15.6 Å². The molecule has 2 unspecified atom stereocenters. The Kier molecular flexibility index (Phi) is 8.32. The molecule has 3 amide bonds. The molecule has 1 aliphatic heterocycles. The number of nitrogens with zero attached hydrogens (tertiary/aromatic N) is 2. The van der Waals surface area contributed by atoms with Crippen LogP contribution in [-0.4, -0.2) is 74.2 Å². The van der Waals surface area contributed by atoms with Gasteiger partial charge in [-0.05, 0) is 36.3 Å². The molecule has 2 aliphatic rings. The first-order valence-corrected chi connectivity index (χ1v) is 14.1. The Balaban J connectivity index is 1.53. The fraction of sp³-hybridized carbons (Fsp3) is 0.536. The molecule has 4 N–H and O–H groups in total. The number of carboxylic acids is 1. The minimum Gasteiger partial charge on any atom is -0.481 e. The van der Waals surface area contributed by atoms with Gasteiger partial charge in [-0.15, -0.1) is 11.3 Å². The lowest BCUT2D eigenvalue weighted by Crippen LogP contribution is -2.59. The van der Waals surface area contributed by atoms with E-state index in [9.17, 15) is 33.8 Å². The highest BCUT2D eigenvalue weighted by Gasteiger charge is 2.53. The van der Waals surface area contributed by atoms with Crippen molar-refractivity contribution < 1.29 is 33.8 Å². The topological polar surface area (TPSA) is 149 Å². The first kappa shape index (κ1) is 29.6. The van der Waals surface area contributed by atoms with Crippen molar-refractivity contribution in [2.24, 2.45) is 5.41 Å². The van der Waals surface area contributed by atoms with E-state index in [1.165, 1.54) is 16.2 Å². The molecule has 4 rings (SSSR count). The minimum absolute atomic E-state index is 0.0567. The third-order valence-corrected chi connectivity index (χ3v) is 8.34. The molecule has 1 aromatic heterocycles. The van der Waals surface area contributed by atoms with Gasteiger partial charge in [0, 0.05) is 13.0 Å². The van der Waals surface area contributed by atoms with E-state index in [1.807, 2.05) is 19.1 Å². The molecule has 1 aliphatic carbocycles. The molecule has 0 radical (unpaired) electrons. The summed E-state index contributed by atoms with van der Waals surface area (Å²) in [5, 5.41) is 25.2. The Labute approximate surface area is 236 Å². The number of carboxylic acid groups (broad SMARTS) is 1. The van der Waals surface area contributed by atoms with Crippen molar-refractivity contribution in [3.05, 3.63) is 41.0 Å². The number of hydrogen-bond acceptors (Lipinski definition) is 7. The molecule has 10 nitrogen and oxygen atoms in total. The van der Waals surface area contributed by atoms with E-state index in [4.69, 9.17) is 0 Å². The Morgan fingerprint density at radius 1 is 1.18 bits per heavy atom. The number of aryl methyl sites for hydroxylation is 1. The van der Waals surface area contributed by atoms with Gasteiger partial charge in [-0.25, -0.2) is 9.37 Å². The number of likely N-dealkylation sites (tertiary alicyclic amines) is 1. The van der Waals surface area contributed by atoms with Gasteiger partial charge in [-0.1, -0.05) is 45.0 Å². The maximum Gasteiger partial charge on any atom is 0.305 e. The number of nitrogens with one attached hydrogen (secondary N) is 2. The van der Waals surface area contributed by atoms with Gasteiger partial charge in [-0.3, -0.25) is 19.2 Å². The summed E-state index contributed by atoms with van der Waals surface area (Å²) in [6.07, 6.45) is -1.27. The molecule has 40 heavy (non-hydrogen) atoms. The van der Waals surface area contributed by atoms with Crippen molar-refractivity contribution in [3.63, 3.8) is 0 Å². The van der Waals surface area contributed by atoms with Crippen molar-refractivity contribution in [1.29, 1.82) is 0 Å². The Morgan fingerprint density at radius 3 is 2.35 bits per heavy atom. The number of hydrogen-bond donors (Lipinski definition) is 4. The quantitative estimate of drug-likeness (QED) is 0.360. The lowest BCUT2D eigenvalue weighted by molar-refractivity contribution is -0.145. The van der Waals surface area contributed by atoms with Gasteiger partial charge in [-0.2, -0.15) is 0 Å². The molecule has 2 aromatic rings. The standard InChI is InChI=1S/C28H35FN4O6S/c1-15-22(40-14-30-15)17-7-5-16(6-8-17)19(12-21(35)36)31-24(37)20-11-18(34)13-33(20)25(38)23(27(2,3)4)32-26(39)28(29)9-10-28/h5-8,14,18-20,23,34H,9-13H2,1-4H3,(H,31,37)(H,32,39)(H,35,36)/t18-,19?,20+,23?/m1/s1.